The second-order valence-corrected chi connectivity index (χ2v) is 9.16. The summed E-state index contributed by atoms with van der Waals surface area (Å²) in [4.78, 5) is 11.2. The van der Waals surface area contributed by atoms with E-state index in [1.165, 1.54) is 31.4 Å². The van der Waals surface area contributed by atoms with Gasteiger partial charge in [0, 0.05) is 11.3 Å². The maximum absolute atomic E-state index is 13.6. The predicted octanol–water partition coefficient (Wildman–Crippen LogP) is 4.47. The molecule has 0 aromatic heterocycles. The molecular weight excluding hydrogens is 470 g/mol. The lowest BCUT2D eigenvalue weighted by Gasteiger charge is -2.39. The molecule has 0 amide bonds. The van der Waals surface area contributed by atoms with Gasteiger partial charge in [-0.3, -0.25) is 0 Å². The van der Waals surface area contributed by atoms with Crippen LogP contribution in [-0.4, -0.2) is 58.8 Å². The summed E-state index contributed by atoms with van der Waals surface area (Å²) < 4.78 is 54.3. The van der Waals surface area contributed by atoms with Crippen LogP contribution in [0.2, 0.25) is 0 Å². The lowest BCUT2D eigenvalue weighted by atomic mass is 9.69. The first-order valence-electron chi connectivity index (χ1n) is 12.1. The molecule has 2 fully saturated rings. The summed E-state index contributed by atoms with van der Waals surface area (Å²) in [5.74, 6) is 0.0104. The Balaban J connectivity index is 1.36. The molecule has 4 unspecified atom stereocenters. The molecule has 1 heterocycles. The van der Waals surface area contributed by atoms with Crippen molar-refractivity contribution in [2.75, 3.05) is 46.8 Å². The molecular formula is C28H32F2O6. The van der Waals surface area contributed by atoms with Crippen molar-refractivity contribution in [2.24, 2.45) is 11.8 Å². The number of methoxy groups -OCH3 is 1. The summed E-state index contributed by atoms with van der Waals surface area (Å²) in [6.07, 6.45) is 5.66. The fourth-order valence-corrected chi connectivity index (χ4v) is 5.30. The molecule has 2 aromatic carbocycles. The van der Waals surface area contributed by atoms with Crippen LogP contribution in [0.3, 0.4) is 0 Å². The summed E-state index contributed by atoms with van der Waals surface area (Å²) in [7, 11) is 1.32. The van der Waals surface area contributed by atoms with Crippen LogP contribution in [0.25, 0.3) is 0 Å². The normalized spacial score (nSPS) is 24.9. The van der Waals surface area contributed by atoms with Crippen LogP contribution in [0.1, 0.15) is 18.4 Å². The van der Waals surface area contributed by atoms with Gasteiger partial charge in [-0.15, -0.1) is 0 Å². The summed E-state index contributed by atoms with van der Waals surface area (Å²) in [5.41, 5.74) is 0.864. The number of esters is 1. The average Bonchev–Trinajstić information content (AvgIpc) is 3.45. The van der Waals surface area contributed by atoms with E-state index in [0.717, 1.165) is 18.4 Å². The third-order valence-corrected chi connectivity index (χ3v) is 7.08. The van der Waals surface area contributed by atoms with E-state index in [1.54, 1.807) is 12.1 Å². The van der Waals surface area contributed by atoms with Gasteiger partial charge in [-0.1, -0.05) is 24.3 Å². The maximum Gasteiger partial charge on any atom is 0.331 e. The van der Waals surface area contributed by atoms with Crippen molar-refractivity contribution in [3.05, 3.63) is 77.9 Å². The van der Waals surface area contributed by atoms with Gasteiger partial charge in [0.1, 0.15) is 30.6 Å². The SMILES string of the molecule is COC(=O)COC/C=C\CC1C(COCCOc2ccc(F)cc2)C2CC1(c1ccc(F)cc1)CO2. The minimum atomic E-state index is -0.412. The molecule has 1 aliphatic heterocycles. The van der Waals surface area contributed by atoms with Gasteiger partial charge < -0.3 is 23.7 Å². The molecule has 2 aliphatic rings. The fraction of sp³-hybridized carbons (Fsp3) is 0.464. The number of hydrogen-bond donors (Lipinski definition) is 0. The zero-order chi connectivity index (χ0) is 25.4. The quantitative estimate of drug-likeness (QED) is 0.229. The van der Waals surface area contributed by atoms with E-state index in [0.29, 0.717) is 38.8 Å². The molecule has 1 aliphatic carbocycles. The highest BCUT2D eigenvalue weighted by Gasteiger charge is 2.59. The third-order valence-electron chi connectivity index (χ3n) is 7.08. The number of carbonyl (C=O) groups excluding carboxylic acids is 1. The molecule has 4 atom stereocenters. The molecule has 0 radical (unpaired) electrons. The van der Waals surface area contributed by atoms with Crippen LogP contribution < -0.4 is 4.74 Å². The van der Waals surface area contributed by atoms with Gasteiger partial charge in [-0.05, 0) is 60.7 Å². The molecule has 2 aromatic rings. The largest absolute Gasteiger partial charge is 0.491 e. The Morgan fingerprint density at radius 2 is 1.75 bits per heavy atom. The van der Waals surface area contributed by atoms with Gasteiger partial charge in [-0.2, -0.15) is 0 Å². The Hall–Kier alpha value is -2.81. The van der Waals surface area contributed by atoms with E-state index < -0.39 is 5.97 Å². The number of ether oxygens (including phenoxy) is 5. The van der Waals surface area contributed by atoms with E-state index in [2.05, 4.69) is 10.8 Å². The number of rotatable bonds is 13. The first kappa shape index (κ1) is 26.3. The van der Waals surface area contributed by atoms with Crippen molar-refractivity contribution < 1.29 is 37.3 Å². The molecule has 1 saturated carbocycles. The standard InChI is InChI=1S/C28H32F2O6/c1-32-27(31)18-33-13-3-2-4-25-24(17-34-14-15-35-23-11-9-22(30)10-12-23)26-16-28(25,19-36-26)20-5-7-21(29)8-6-20/h2-3,5-12,24-26H,4,13-19H2,1H3/b3-2-. The van der Waals surface area contributed by atoms with E-state index in [9.17, 15) is 13.6 Å². The van der Waals surface area contributed by atoms with Crippen LogP contribution in [0.15, 0.2) is 60.7 Å². The van der Waals surface area contributed by atoms with E-state index >= 15 is 0 Å². The van der Waals surface area contributed by atoms with Crippen LogP contribution in [0.5, 0.6) is 5.75 Å². The van der Waals surface area contributed by atoms with Gasteiger partial charge in [0.05, 0.1) is 39.6 Å². The average molecular weight is 503 g/mol. The fourth-order valence-electron chi connectivity index (χ4n) is 5.30. The van der Waals surface area contributed by atoms with Gasteiger partial charge in [0.15, 0.2) is 0 Å². The summed E-state index contributed by atoms with van der Waals surface area (Å²) in [5, 5.41) is 0. The lowest BCUT2D eigenvalue weighted by Crippen LogP contribution is -2.41. The van der Waals surface area contributed by atoms with Gasteiger partial charge in [0.25, 0.3) is 0 Å². The zero-order valence-electron chi connectivity index (χ0n) is 20.4. The monoisotopic (exact) mass is 502 g/mol. The summed E-state index contributed by atoms with van der Waals surface area (Å²) >= 11 is 0. The molecule has 194 valence electrons. The molecule has 4 rings (SSSR count). The third kappa shape index (κ3) is 6.30. The van der Waals surface area contributed by atoms with E-state index in [1.807, 2.05) is 18.2 Å². The van der Waals surface area contributed by atoms with Crippen LogP contribution in [0, 0.1) is 23.5 Å². The number of carbonyl (C=O) groups is 1. The molecule has 0 spiro atoms. The number of allylic oxidation sites excluding steroid dienone is 1. The number of benzene rings is 2. The minimum absolute atomic E-state index is 0.0574. The van der Waals surface area contributed by atoms with Crippen LogP contribution >= 0.6 is 0 Å². The van der Waals surface area contributed by atoms with E-state index in [-0.39, 0.29) is 41.6 Å². The Labute approximate surface area is 210 Å². The Morgan fingerprint density at radius 3 is 2.47 bits per heavy atom. The maximum atomic E-state index is 13.6. The molecule has 36 heavy (non-hydrogen) atoms. The highest BCUT2D eigenvalue weighted by molar-refractivity contribution is 5.70. The summed E-state index contributed by atoms with van der Waals surface area (Å²) in [6.45, 7) is 2.08. The van der Waals surface area contributed by atoms with Crippen molar-refractivity contribution in [3.8, 4) is 5.75 Å². The molecule has 0 N–H and O–H groups in total. The van der Waals surface area contributed by atoms with Gasteiger partial charge >= 0.3 is 5.97 Å². The van der Waals surface area contributed by atoms with Crippen molar-refractivity contribution in [2.45, 2.75) is 24.4 Å². The Bertz CT molecular complexity index is 1010. The Kier molecular flexibility index (Phi) is 9.07. The van der Waals surface area contributed by atoms with Gasteiger partial charge in [-0.25, -0.2) is 13.6 Å². The number of fused-ring (bicyclic) bond motifs is 2. The molecule has 6 nitrogen and oxygen atoms in total. The van der Waals surface area contributed by atoms with Crippen molar-refractivity contribution in [1.29, 1.82) is 0 Å². The first-order chi connectivity index (χ1) is 17.5. The first-order valence-corrected chi connectivity index (χ1v) is 12.1. The van der Waals surface area contributed by atoms with Gasteiger partial charge in [0.2, 0.25) is 0 Å². The van der Waals surface area contributed by atoms with E-state index in [4.69, 9.17) is 18.9 Å². The minimum Gasteiger partial charge on any atom is -0.491 e. The highest BCUT2D eigenvalue weighted by Crippen LogP contribution is 2.56. The molecule has 2 bridgehead atoms. The summed E-state index contributed by atoms with van der Waals surface area (Å²) in [6, 6.07) is 12.6. The Morgan fingerprint density at radius 1 is 1.03 bits per heavy atom. The second kappa shape index (κ2) is 12.4. The topological polar surface area (TPSA) is 63.2 Å². The predicted molar refractivity (Wildman–Crippen MR) is 129 cm³/mol. The zero-order valence-corrected chi connectivity index (χ0v) is 20.4. The molecule has 8 heteroatoms. The van der Waals surface area contributed by atoms with Crippen LogP contribution in [0.4, 0.5) is 8.78 Å². The smallest absolute Gasteiger partial charge is 0.331 e. The highest BCUT2D eigenvalue weighted by atomic mass is 19.1. The molecule has 1 saturated heterocycles. The lowest BCUT2D eigenvalue weighted by molar-refractivity contribution is -0.145. The van der Waals surface area contributed by atoms with Crippen molar-refractivity contribution >= 4 is 5.97 Å². The number of hydrogen-bond acceptors (Lipinski definition) is 6. The van der Waals surface area contributed by atoms with Crippen molar-refractivity contribution in [3.63, 3.8) is 0 Å². The van der Waals surface area contributed by atoms with Crippen LogP contribution in [-0.2, 0) is 29.2 Å². The van der Waals surface area contributed by atoms with Crippen molar-refractivity contribution in [1.82, 2.24) is 0 Å². The number of halogens is 2. The second-order valence-electron chi connectivity index (χ2n) is 9.16.